The summed E-state index contributed by atoms with van der Waals surface area (Å²) in [6.07, 6.45) is -0.677. The minimum atomic E-state index is -0.677. The van der Waals surface area contributed by atoms with E-state index in [0.29, 0.717) is 18.0 Å². The van der Waals surface area contributed by atoms with Crippen LogP contribution < -0.4 is 4.74 Å². The van der Waals surface area contributed by atoms with Gasteiger partial charge in [0.05, 0.1) is 19.4 Å². The van der Waals surface area contributed by atoms with E-state index in [1.54, 1.807) is 13.2 Å². The maximum atomic E-state index is 11.2. The molecule has 1 rings (SSSR count). The predicted octanol–water partition coefficient (Wildman–Crippen LogP) is 3.88. The summed E-state index contributed by atoms with van der Waals surface area (Å²) in [4.78, 5) is 11.2. The number of azo groups is 1. The van der Waals surface area contributed by atoms with Gasteiger partial charge < -0.3 is 9.47 Å². The molecule has 18 heavy (non-hydrogen) atoms. The zero-order valence-electron chi connectivity index (χ0n) is 11.1. The summed E-state index contributed by atoms with van der Waals surface area (Å²) in [5.74, 6) is 0.961. The maximum Gasteiger partial charge on any atom is 0.452 e. The predicted molar refractivity (Wildman–Crippen MR) is 68.4 cm³/mol. The van der Waals surface area contributed by atoms with Crippen molar-refractivity contribution in [3.05, 3.63) is 23.8 Å². The Bertz CT molecular complexity index is 442. The SMILES string of the molecule is COc1cc(C)cc(N=NC(=O)OCC(C)C)c1. The standard InChI is InChI=1S/C13H18N2O3/c1-9(2)8-18-13(16)15-14-11-5-10(3)6-12(7-11)17-4/h5-7,9H,8H2,1-4H3. The van der Waals surface area contributed by atoms with Gasteiger partial charge in [0.2, 0.25) is 0 Å². The smallest absolute Gasteiger partial charge is 0.452 e. The fourth-order valence-corrected chi connectivity index (χ4v) is 1.27. The van der Waals surface area contributed by atoms with Crippen LogP contribution in [-0.2, 0) is 4.74 Å². The number of hydrogen-bond acceptors (Lipinski definition) is 4. The van der Waals surface area contributed by atoms with Gasteiger partial charge in [-0.25, -0.2) is 4.79 Å². The van der Waals surface area contributed by atoms with E-state index in [0.717, 1.165) is 5.56 Å². The second kappa shape index (κ2) is 6.74. The van der Waals surface area contributed by atoms with Gasteiger partial charge in [0, 0.05) is 6.07 Å². The minimum absolute atomic E-state index is 0.281. The lowest BCUT2D eigenvalue weighted by Gasteiger charge is -2.03. The normalized spacial score (nSPS) is 10.9. The summed E-state index contributed by atoms with van der Waals surface area (Å²) in [5, 5.41) is 7.32. The third-order valence-corrected chi connectivity index (χ3v) is 2.06. The number of hydrogen-bond donors (Lipinski definition) is 0. The highest BCUT2D eigenvalue weighted by atomic mass is 16.5. The number of aryl methyl sites for hydroxylation is 1. The lowest BCUT2D eigenvalue weighted by molar-refractivity contribution is 0.142. The van der Waals surface area contributed by atoms with Gasteiger partial charge >= 0.3 is 6.09 Å². The molecule has 0 N–H and O–H groups in total. The molecule has 1 amide bonds. The van der Waals surface area contributed by atoms with Crippen LogP contribution in [0, 0.1) is 12.8 Å². The first kappa shape index (κ1) is 14.2. The third kappa shape index (κ3) is 4.95. The van der Waals surface area contributed by atoms with Gasteiger partial charge in [-0.2, -0.15) is 0 Å². The molecular formula is C13H18N2O3. The van der Waals surface area contributed by atoms with Crippen molar-refractivity contribution in [2.24, 2.45) is 16.1 Å². The second-order valence-electron chi connectivity index (χ2n) is 4.38. The molecule has 0 aliphatic heterocycles. The molecule has 0 radical (unpaired) electrons. The molecule has 0 bridgehead atoms. The van der Waals surface area contributed by atoms with Gasteiger partial charge in [-0.05, 0) is 30.5 Å². The van der Waals surface area contributed by atoms with Crippen LogP contribution in [0.2, 0.25) is 0 Å². The molecule has 0 fully saturated rings. The van der Waals surface area contributed by atoms with Gasteiger partial charge in [-0.1, -0.05) is 19.0 Å². The van der Waals surface area contributed by atoms with Crippen LogP contribution in [0.5, 0.6) is 5.75 Å². The second-order valence-corrected chi connectivity index (χ2v) is 4.38. The Kier molecular flexibility index (Phi) is 5.30. The quantitative estimate of drug-likeness (QED) is 0.762. The van der Waals surface area contributed by atoms with E-state index in [-0.39, 0.29) is 5.92 Å². The van der Waals surface area contributed by atoms with Crippen molar-refractivity contribution in [2.45, 2.75) is 20.8 Å². The summed E-state index contributed by atoms with van der Waals surface area (Å²) in [6, 6.07) is 5.38. The monoisotopic (exact) mass is 250 g/mol. The molecule has 0 aliphatic carbocycles. The number of rotatable bonds is 4. The van der Waals surface area contributed by atoms with E-state index in [2.05, 4.69) is 10.2 Å². The Morgan fingerprint density at radius 3 is 2.67 bits per heavy atom. The van der Waals surface area contributed by atoms with Crippen molar-refractivity contribution in [2.75, 3.05) is 13.7 Å². The van der Waals surface area contributed by atoms with Gasteiger partial charge in [-0.3, -0.25) is 0 Å². The Morgan fingerprint density at radius 1 is 1.33 bits per heavy atom. The molecule has 5 nitrogen and oxygen atoms in total. The Hall–Kier alpha value is -1.91. The summed E-state index contributed by atoms with van der Waals surface area (Å²) in [7, 11) is 1.58. The van der Waals surface area contributed by atoms with Crippen LogP contribution in [0.4, 0.5) is 10.5 Å². The molecule has 0 heterocycles. The fourth-order valence-electron chi connectivity index (χ4n) is 1.27. The summed E-state index contributed by atoms with van der Waals surface area (Å²) >= 11 is 0. The highest BCUT2D eigenvalue weighted by Gasteiger charge is 2.03. The number of nitrogens with zero attached hydrogens (tertiary/aromatic N) is 2. The molecule has 1 aromatic rings. The lowest BCUT2D eigenvalue weighted by atomic mass is 10.2. The van der Waals surface area contributed by atoms with Crippen molar-refractivity contribution in [3.63, 3.8) is 0 Å². The van der Waals surface area contributed by atoms with Crippen LogP contribution in [0.1, 0.15) is 19.4 Å². The average Bonchev–Trinajstić information content (AvgIpc) is 2.33. The van der Waals surface area contributed by atoms with Gasteiger partial charge in [-0.15, -0.1) is 5.11 Å². The number of methoxy groups -OCH3 is 1. The zero-order chi connectivity index (χ0) is 13.5. The van der Waals surface area contributed by atoms with E-state index >= 15 is 0 Å². The number of carbonyl (C=O) groups is 1. The number of carbonyl (C=O) groups excluding carboxylic acids is 1. The van der Waals surface area contributed by atoms with Crippen molar-refractivity contribution in [1.29, 1.82) is 0 Å². The van der Waals surface area contributed by atoms with Crippen molar-refractivity contribution < 1.29 is 14.3 Å². The largest absolute Gasteiger partial charge is 0.497 e. The maximum absolute atomic E-state index is 11.2. The molecule has 0 aromatic heterocycles. The highest BCUT2D eigenvalue weighted by Crippen LogP contribution is 2.22. The van der Waals surface area contributed by atoms with Crippen LogP contribution in [0.15, 0.2) is 28.4 Å². The minimum Gasteiger partial charge on any atom is -0.497 e. The topological polar surface area (TPSA) is 60.2 Å². The van der Waals surface area contributed by atoms with Gasteiger partial charge in [0.1, 0.15) is 5.75 Å². The third-order valence-electron chi connectivity index (χ3n) is 2.06. The number of ether oxygens (including phenoxy) is 2. The number of benzene rings is 1. The summed E-state index contributed by atoms with van der Waals surface area (Å²) < 4.78 is 9.98. The van der Waals surface area contributed by atoms with Gasteiger partial charge in [0.15, 0.2) is 0 Å². The molecule has 5 heteroatoms. The average molecular weight is 250 g/mol. The van der Waals surface area contributed by atoms with Crippen molar-refractivity contribution >= 4 is 11.8 Å². The molecule has 0 spiro atoms. The highest BCUT2D eigenvalue weighted by molar-refractivity contribution is 5.68. The lowest BCUT2D eigenvalue weighted by Crippen LogP contribution is -2.05. The van der Waals surface area contributed by atoms with E-state index in [9.17, 15) is 4.79 Å². The van der Waals surface area contributed by atoms with E-state index < -0.39 is 6.09 Å². The Balaban J connectivity index is 2.66. The molecule has 0 unspecified atom stereocenters. The Labute approximate surface area is 107 Å². The van der Waals surface area contributed by atoms with E-state index in [1.807, 2.05) is 32.9 Å². The molecule has 0 atom stereocenters. The Morgan fingerprint density at radius 2 is 2.06 bits per heavy atom. The van der Waals surface area contributed by atoms with Crippen LogP contribution >= 0.6 is 0 Å². The first-order valence-corrected chi connectivity index (χ1v) is 5.75. The summed E-state index contributed by atoms with van der Waals surface area (Å²) in [5.41, 5.74) is 1.55. The number of amides is 1. The van der Waals surface area contributed by atoms with Crippen molar-refractivity contribution in [1.82, 2.24) is 0 Å². The van der Waals surface area contributed by atoms with Crippen LogP contribution in [0.25, 0.3) is 0 Å². The molecule has 98 valence electrons. The zero-order valence-corrected chi connectivity index (χ0v) is 11.1. The van der Waals surface area contributed by atoms with Crippen molar-refractivity contribution in [3.8, 4) is 5.75 Å². The van der Waals surface area contributed by atoms with E-state index in [4.69, 9.17) is 9.47 Å². The molecule has 0 saturated heterocycles. The summed E-state index contributed by atoms with van der Waals surface area (Å²) in [6.45, 7) is 6.17. The first-order chi connectivity index (χ1) is 8.51. The van der Waals surface area contributed by atoms with E-state index in [1.165, 1.54) is 0 Å². The van der Waals surface area contributed by atoms with Crippen LogP contribution in [-0.4, -0.2) is 19.8 Å². The van der Waals surface area contributed by atoms with Crippen LogP contribution in [0.3, 0.4) is 0 Å². The molecule has 0 aliphatic rings. The molecule has 0 saturated carbocycles. The molecule has 1 aromatic carbocycles. The molecular weight excluding hydrogens is 232 g/mol. The first-order valence-electron chi connectivity index (χ1n) is 5.75. The fraction of sp³-hybridized carbons (Fsp3) is 0.462. The van der Waals surface area contributed by atoms with Gasteiger partial charge in [0.25, 0.3) is 0 Å².